The maximum atomic E-state index is 6.40. The molecule has 4 heterocycles. The number of benzene rings is 3. The van der Waals surface area contributed by atoms with Gasteiger partial charge in [-0.05, 0) is 59.4 Å². The summed E-state index contributed by atoms with van der Waals surface area (Å²) in [5.41, 5.74) is 4.29. The molecule has 4 fully saturated rings. The Morgan fingerprint density at radius 2 is 0.868 bits per heavy atom. The number of aryl methyl sites for hydroxylation is 1. The Bertz CT molecular complexity index is 1520. The minimum atomic E-state index is -0.482. The standard InChI is InChI=1S/C41H50O12/c1-2-4-36-29(3-1)9-10-41(36,30-5-7-37(46-15-11-42-21-32-25-50-32)39(19-30)48-17-13-44-23-34-27-52-34)31-6-8-38(47-16-12-43-22-33-26-51-33)40(20-31)49-18-14-45-24-35-28-53-35/h1-8,19-20,32-35H,9-18,21-28H2. The fourth-order valence-corrected chi connectivity index (χ4v) is 6.75. The van der Waals surface area contributed by atoms with Gasteiger partial charge in [-0.2, -0.15) is 0 Å². The van der Waals surface area contributed by atoms with Crippen molar-refractivity contribution in [3.63, 3.8) is 0 Å². The van der Waals surface area contributed by atoms with Gasteiger partial charge in [0.25, 0.3) is 0 Å². The van der Waals surface area contributed by atoms with Crippen LogP contribution >= 0.6 is 0 Å². The predicted octanol–water partition coefficient (Wildman–Crippen LogP) is 4.14. The third-order valence-corrected chi connectivity index (χ3v) is 9.88. The van der Waals surface area contributed by atoms with Gasteiger partial charge in [0, 0.05) is 5.41 Å². The Hall–Kier alpha value is -3.46. The first-order chi connectivity index (χ1) is 26.2. The van der Waals surface area contributed by atoms with Crippen molar-refractivity contribution in [2.75, 3.05) is 106 Å². The van der Waals surface area contributed by atoms with Crippen LogP contribution < -0.4 is 18.9 Å². The fraction of sp³-hybridized carbons (Fsp3) is 0.561. The van der Waals surface area contributed by atoms with Gasteiger partial charge in [-0.3, -0.25) is 0 Å². The van der Waals surface area contributed by atoms with Crippen LogP contribution in [0.25, 0.3) is 0 Å². The number of hydrogen-bond acceptors (Lipinski definition) is 12. The molecule has 0 N–H and O–H groups in total. The van der Waals surface area contributed by atoms with Crippen LogP contribution in [0.3, 0.4) is 0 Å². The average Bonchev–Trinajstić information content (AvgIpc) is 3.97. The molecule has 8 rings (SSSR count). The van der Waals surface area contributed by atoms with Gasteiger partial charge in [0.1, 0.15) is 50.8 Å². The van der Waals surface area contributed by atoms with Crippen LogP contribution in [0.5, 0.6) is 23.0 Å². The second kappa shape index (κ2) is 17.8. The summed E-state index contributed by atoms with van der Waals surface area (Å²) in [6.07, 6.45) is 2.62. The molecule has 0 amide bonds. The number of hydrogen-bond donors (Lipinski definition) is 0. The molecule has 4 unspecified atom stereocenters. The number of epoxide rings is 4. The van der Waals surface area contributed by atoms with Gasteiger partial charge in [0.15, 0.2) is 23.0 Å². The van der Waals surface area contributed by atoms with Crippen LogP contribution in [0.2, 0.25) is 0 Å². The molecule has 5 aliphatic rings. The molecule has 12 nitrogen and oxygen atoms in total. The summed E-state index contributed by atoms with van der Waals surface area (Å²) < 4.78 is 69.4. The lowest BCUT2D eigenvalue weighted by molar-refractivity contribution is 0.0800. The summed E-state index contributed by atoms with van der Waals surface area (Å²) in [5, 5.41) is 0. The van der Waals surface area contributed by atoms with E-state index in [0.717, 1.165) is 50.4 Å². The normalized spacial score (nSPS) is 24.8. The van der Waals surface area contributed by atoms with Crippen molar-refractivity contribution >= 4 is 0 Å². The van der Waals surface area contributed by atoms with E-state index in [4.69, 9.17) is 56.8 Å². The van der Waals surface area contributed by atoms with Gasteiger partial charge in [-0.25, -0.2) is 0 Å². The number of rotatable bonds is 26. The van der Waals surface area contributed by atoms with Crippen molar-refractivity contribution in [1.29, 1.82) is 0 Å². The zero-order chi connectivity index (χ0) is 35.7. The van der Waals surface area contributed by atoms with Crippen molar-refractivity contribution in [3.8, 4) is 23.0 Å². The van der Waals surface area contributed by atoms with E-state index in [1.54, 1.807) is 0 Å². The molecule has 4 atom stereocenters. The Balaban J connectivity index is 1.05. The van der Waals surface area contributed by atoms with E-state index in [9.17, 15) is 0 Å². The van der Waals surface area contributed by atoms with Gasteiger partial charge in [0.05, 0.1) is 79.3 Å². The van der Waals surface area contributed by atoms with Crippen LogP contribution in [-0.2, 0) is 49.7 Å². The lowest BCUT2D eigenvalue weighted by Crippen LogP contribution is -2.27. The minimum absolute atomic E-state index is 0.201. The summed E-state index contributed by atoms with van der Waals surface area (Å²) in [4.78, 5) is 0. The smallest absolute Gasteiger partial charge is 0.161 e. The SMILES string of the molecule is c1ccc2c(c1)CCC2(c1ccc(OCCOCC2CO2)c(OCCOCC2CO2)c1)c1ccc(OCCOCC2CO2)c(OCCOCC2CO2)c1. The van der Waals surface area contributed by atoms with Crippen LogP contribution in [0.1, 0.15) is 28.7 Å². The highest BCUT2D eigenvalue weighted by molar-refractivity contribution is 5.61. The van der Waals surface area contributed by atoms with Crippen molar-refractivity contribution in [2.45, 2.75) is 42.7 Å². The van der Waals surface area contributed by atoms with E-state index in [1.807, 2.05) is 12.1 Å². The van der Waals surface area contributed by atoms with E-state index < -0.39 is 5.41 Å². The highest BCUT2D eigenvalue weighted by Crippen LogP contribution is 2.51. The second-order valence-corrected chi connectivity index (χ2v) is 13.9. The van der Waals surface area contributed by atoms with E-state index in [1.165, 1.54) is 11.1 Å². The average molecular weight is 735 g/mol. The van der Waals surface area contributed by atoms with E-state index in [2.05, 4.69) is 48.5 Å². The van der Waals surface area contributed by atoms with E-state index >= 15 is 0 Å². The molecular formula is C41H50O12. The first kappa shape index (κ1) is 36.5. The zero-order valence-corrected chi connectivity index (χ0v) is 30.2. The van der Waals surface area contributed by atoms with Crippen molar-refractivity contribution in [3.05, 3.63) is 82.9 Å². The maximum absolute atomic E-state index is 6.40. The summed E-state index contributed by atoms with van der Waals surface area (Å²) in [7, 11) is 0. The predicted molar refractivity (Wildman–Crippen MR) is 192 cm³/mol. The molecule has 0 saturated carbocycles. The van der Waals surface area contributed by atoms with Crippen molar-refractivity contribution in [1.82, 2.24) is 0 Å². The first-order valence-electron chi connectivity index (χ1n) is 18.9. The monoisotopic (exact) mass is 734 g/mol. The Labute approximate surface area is 310 Å². The number of ether oxygens (including phenoxy) is 12. The van der Waals surface area contributed by atoms with Gasteiger partial charge in [0.2, 0.25) is 0 Å². The van der Waals surface area contributed by atoms with Crippen LogP contribution in [0, 0.1) is 0 Å². The largest absolute Gasteiger partial charge is 0.487 e. The molecule has 0 aromatic heterocycles. The molecule has 0 bridgehead atoms. The van der Waals surface area contributed by atoms with Crippen LogP contribution in [0.4, 0.5) is 0 Å². The van der Waals surface area contributed by atoms with Crippen LogP contribution in [-0.4, -0.2) is 130 Å². The van der Waals surface area contributed by atoms with E-state index in [-0.39, 0.29) is 24.4 Å². The summed E-state index contributed by atoms with van der Waals surface area (Å²) in [5.74, 6) is 2.64. The van der Waals surface area contributed by atoms with Gasteiger partial charge in [-0.1, -0.05) is 36.4 Å². The molecule has 53 heavy (non-hydrogen) atoms. The third-order valence-electron chi connectivity index (χ3n) is 9.88. The Morgan fingerprint density at radius 1 is 0.472 bits per heavy atom. The van der Waals surface area contributed by atoms with Crippen LogP contribution in [0.15, 0.2) is 60.7 Å². The summed E-state index contributed by atoms with van der Waals surface area (Å²) >= 11 is 0. The maximum Gasteiger partial charge on any atom is 0.161 e. The van der Waals surface area contributed by atoms with Gasteiger partial charge < -0.3 is 56.8 Å². The fourth-order valence-electron chi connectivity index (χ4n) is 6.75. The lowest BCUT2D eigenvalue weighted by Gasteiger charge is -2.33. The van der Waals surface area contributed by atoms with Crippen molar-refractivity contribution in [2.24, 2.45) is 0 Å². The third kappa shape index (κ3) is 10.2. The molecule has 0 radical (unpaired) electrons. The minimum Gasteiger partial charge on any atom is -0.487 e. The highest BCUT2D eigenvalue weighted by atomic mass is 16.6. The topological polar surface area (TPSA) is 124 Å². The second-order valence-electron chi connectivity index (χ2n) is 13.9. The quantitative estimate of drug-likeness (QED) is 0.0870. The van der Waals surface area contributed by atoms with Crippen molar-refractivity contribution < 1.29 is 56.8 Å². The summed E-state index contributed by atoms with van der Waals surface area (Å²) in [6, 6.07) is 21.3. The van der Waals surface area contributed by atoms with Gasteiger partial charge >= 0.3 is 0 Å². The summed E-state index contributed by atoms with van der Waals surface area (Å²) in [6.45, 7) is 8.70. The number of fused-ring (bicyclic) bond motifs is 1. The highest BCUT2D eigenvalue weighted by Gasteiger charge is 2.43. The molecule has 3 aromatic carbocycles. The molecule has 4 saturated heterocycles. The zero-order valence-electron chi connectivity index (χ0n) is 30.2. The Kier molecular flexibility index (Phi) is 12.3. The molecule has 1 aliphatic carbocycles. The molecule has 0 spiro atoms. The van der Waals surface area contributed by atoms with E-state index in [0.29, 0.717) is 102 Å². The Morgan fingerprint density at radius 3 is 1.28 bits per heavy atom. The molecule has 286 valence electrons. The molecule has 3 aromatic rings. The first-order valence-corrected chi connectivity index (χ1v) is 18.9. The lowest BCUT2D eigenvalue weighted by atomic mass is 9.70. The van der Waals surface area contributed by atoms with Gasteiger partial charge in [-0.15, -0.1) is 0 Å². The molecular weight excluding hydrogens is 684 g/mol. The molecule has 12 heteroatoms. The molecule has 4 aliphatic heterocycles.